The Labute approximate surface area is 502 Å². The van der Waals surface area contributed by atoms with Gasteiger partial charge >= 0.3 is 0 Å². The number of fused-ring (bicyclic) bond motifs is 1. The number of nitrogens with one attached hydrogen (secondary N) is 2. The molecule has 2 fully saturated rings. The number of aromatic nitrogens is 5. The molecule has 2 aromatic heterocycles. The van der Waals surface area contributed by atoms with Gasteiger partial charge in [0, 0.05) is 103 Å². The second kappa shape index (κ2) is 33.4. The van der Waals surface area contributed by atoms with Gasteiger partial charge in [0.2, 0.25) is 0 Å². The molecule has 2 N–H and O–H groups in total. The molecule has 17 nitrogen and oxygen atoms in total. The fraction of sp³-hybridized carbons (Fsp3) is 0.443. The minimum Gasteiger partial charge on any atom is -0.487 e. The summed E-state index contributed by atoms with van der Waals surface area (Å²) in [6, 6.07) is 41.6. The molecule has 2 aliphatic rings. The zero-order valence-electron chi connectivity index (χ0n) is 47.3. The van der Waals surface area contributed by atoms with Crippen LogP contribution in [0.2, 0.25) is 10.0 Å². The second-order valence-corrected chi connectivity index (χ2v) is 23.5. The molecule has 0 spiro atoms. The Morgan fingerprint density at radius 3 is 1.98 bits per heavy atom. The van der Waals surface area contributed by atoms with Crippen LogP contribution in [0.3, 0.4) is 0 Å². The molecule has 0 saturated carbocycles. The van der Waals surface area contributed by atoms with Gasteiger partial charge in [0.1, 0.15) is 29.7 Å². The van der Waals surface area contributed by atoms with Gasteiger partial charge in [-0.3, -0.25) is 9.80 Å². The first kappa shape index (κ1) is 61.5. The van der Waals surface area contributed by atoms with Gasteiger partial charge in [0.25, 0.3) is 0 Å². The van der Waals surface area contributed by atoms with E-state index in [0.29, 0.717) is 72.6 Å². The molecule has 7 aromatic rings. The average molecular weight is 1190 g/mol. The van der Waals surface area contributed by atoms with Gasteiger partial charge in [0.05, 0.1) is 83.7 Å². The highest BCUT2D eigenvalue weighted by atomic mass is 35.5. The van der Waals surface area contributed by atoms with Gasteiger partial charge in [-0.25, -0.2) is 23.3 Å². The van der Waals surface area contributed by atoms with Crippen LogP contribution in [0.1, 0.15) is 41.5 Å². The topological polar surface area (TPSA) is 143 Å². The largest absolute Gasteiger partial charge is 0.487 e. The molecule has 2 saturated heterocycles. The number of anilines is 2. The van der Waals surface area contributed by atoms with Crippen molar-refractivity contribution in [1.82, 2.24) is 48.3 Å². The van der Waals surface area contributed by atoms with E-state index in [1.165, 1.54) is 20.9 Å². The van der Waals surface area contributed by atoms with Crippen molar-refractivity contribution in [2.75, 3.05) is 150 Å². The van der Waals surface area contributed by atoms with Gasteiger partial charge in [0.15, 0.2) is 0 Å². The van der Waals surface area contributed by atoms with Crippen LogP contribution in [0.25, 0.3) is 10.9 Å². The lowest BCUT2D eigenvalue weighted by Crippen LogP contribution is -2.47. The van der Waals surface area contributed by atoms with E-state index in [0.717, 1.165) is 135 Å². The highest BCUT2D eigenvalue weighted by molar-refractivity contribution is 7.97. The molecule has 438 valence electrons. The molecule has 0 bridgehead atoms. The molecule has 9 rings (SSSR count). The monoisotopic (exact) mass is 1190 g/mol. The molecular formula is C61H78Cl2N12O5S2. The first-order valence-electron chi connectivity index (χ1n) is 28.5. The van der Waals surface area contributed by atoms with Crippen molar-refractivity contribution < 1.29 is 23.7 Å². The Morgan fingerprint density at radius 2 is 1.29 bits per heavy atom. The average Bonchev–Trinajstić information content (AvgIpc) is 4.00. The highest BCUT2D eigenvalue weighted by Crippen LogP contribution is 2.33. The Kier molecular flexibility index (Phi) is 25.0. The maximum atomic E-state index is 6.28. The van der Waals surface area contributed by atoms with Crippen molar-refractivity contribution in [3.05, 3.63) is 160 Å². The standard InChI is InChI=1S/C61H78Cl2N12O5S2/c1-64-52-8-5-9-56(44-52)82-75-27-7-26-74(32-33-75)81-55-22-20-54(21-23-55)80-47-53-45-73(69-68-53)35-37-77-39-41-79-43-42-78-40-38-76-36-34-70(2)25-6-24-65-61-57-10-3-4-11-58(57)66-59(67-61)46-71-28-30-72(31-29-71)60(48-12-16-50(62)17-13-48)49-14-18-51(63)19-15-49/h3-5,8-23,44-45,60,64H,6-7,24-43,46-47H2,1-2H3,(H,65,66,67). The summed E-state index contributed by atoms with van der Waals surface area (Å²) in [5.74, 6) is 2.52. The predicted molar refractivity (Wildman–Crippen MR) is 331 cm³/mol. The summed E-state index contributed by atoms with van der Waals surface area (Å²) in [4.78, 5) is 19.8. The van der Waals surface area contributed by atoms with E-state index in [1.54, 1.807) is 4.68 Å². The van der Waals surface area contributed by atoms with Crippen molar-refractivity contribution in [3.8, 4) is 5.75 Å². The van der Waals surface area contributed by atoms with Gasteiger partial charge in [-0.05, 0) is 140 Å². The van der Waals surface area contributed by atoms with Crippen molar-refractivity contribution >= 4 is 69.5 Å². The molecule has 0 atom stereocenters. The third kappa shape index (κ3) is 20.0. The van der Waals surface area contributed by atoms with Crippen molar-refractivity contribution in [2.45, 2.75) is 48.4 Å². The van der Waals surface area contributed by atoms with Crippen LogP contribution >= 0.6 is 47.1 Å². The fourth-order valence-electron chi connectivity index (χ4n) is 9.75. The normalized spacial score (nSPS) is 15.0. The molecule has 0 radical (unpaired) electrons. The number of nitrogens with zero attached hydrogens (tertiary/aromatic N) is 10. The summed E-state index contributed by atoms with van der Waals surface area (Å²) in [6.45, 7) is 16.2. The lowest BCUT2D eigenvalue weighted by molar-refractivity contribution is -0.00424. The quantitative estimate of drug-likeness (QED) is 0.0297. The minimum absolute atomic E-state index is 0.114. The molecule has 5 aromatic carbocycles. The third-order valence-electron chi connectivity index (χ3n) is 14.2. The number of hydrogen-bond acceptors (Lipinski definition) is 18. The van der Waals surface area contributed by atoms with Gasteiger partial charge in [-0.15, -0.1) is 5.10 Å². The van der Waals surface area contributed by atoms with Crippen LogP contribution in [0.5, 0.6) is 5.75 Å². The molecule has 21 heteroatoms. The number of piperazine rings is 1. The highest BCUT2D eigenvalue weighted by Gasteiger charge is 2.27. The summed E-state index contributed by atoms with van der Waals surface area (Å²) >= 11 is 16.2. The van der Waals surface area contributed by atoms with Crippen LogP contribution in [0.15, 0.2) is 137 Å². The molecule has 0 unspecified atom stereocenters. The predicted octanol–water partition coefficient (Wildman–Crippen LogP) is 10.3. The van der Waals surface area contributed by atoms with Crippen LogP contribution in [-0.2, 0) is 38.6 Å². The summed E-state index contributed by atoms with van der Waals surface area (Å²) < 4.78 is 35.8. The summed E-state index contributed by atoms with van der Waals surface area (Å²) in [5, 5.41) is 17.9. The maximum Gasteiger partial charge on any atom is 0.145 e. The number of para-hydroxylation sites is 1. The molecular weight excluding hydrogens is 1120 g/mol. The fourth-order valence-corrected chi connectivity index (χ4v) is 12.0. The van der Waals surface area contributed by atoms with Crippen molar-refractivity contribution in [1.29, 1.82) is 0 Å². The first-order chi connectivity index (χ1) is 40.3. The van der Waals surface area contributed by atoms with Gasteiger partial charge in [-0.2, -0.15) is 0 Å². The van der Waals surface area contributed by atoms with E-state index in [1.807, 2.05) is 85.7 Å². The lowest BCUT2D eigenvalue weighted by atomic mass is 9.96. The number of benzene rings is 5. The van der Waals surface area contributed by atoms with Crippen LogP contribution in [0.4, 0.5) is 11.5 Å². The number of likely N-dealkylation sites (N-methyl/N-ethyl adjacent to an activating group) is 1. The van der Waals surface area contributed by atoms with Gasteiger partial charge < -0.3 is 39.2 Å². The Bertz CT molecular complexity index is 2920. The second-order valence-electron chi connectivity index (χ2n) is 20.3. The number of hydrogen-bond donors (Lipinski definition) is 2. The lowest BCUT2D eigenvalue weighted by Gasteiger charge is -2.39. The van der Waals surface area contributed by atoms with E-state index in [2.05, 4.69) is 124 Å². The van der Waals surface area contributed by atoms with Crippen molar-refractivity contribution in [3.63, 3.8) is 0 Å². The maximum absolute atomic E-state index is 6.28. The zero-order valence-corrected chi connectivity index (χ0v) is 50.4. The zero-order chi connectivity index (χ0) is 56.6. The van der Waals surface area contributed by atoms with E-state index in [9.17, 15) is 0 Å². The van der Waals surface area contributed by atoms with Crippen LogP contribution < -0.4 is 15.4 Å². The SMILES string of the molecule is CNc1cccc(SN2CCCN(Sc3ccc(OCc4cn(CCOCCOCCOCCOCCN(C)CCCNc5nc(CN6CCN(C(c7ccc(Cl)cc7)c7ccc(Cl)cc7)CC6)nc6ccccc56)nn4)cc3)CC2)c1. The van der Waals surface area contributed by atoms with E-state index >= 15 is 0 Å². The van der Waals surface area contributed by atoms with Crippen LogP contribution in [0, 0.1) is 0 Å². The molecule has 4 heterocycles. The molecule has 0 amide bonds. The Balaban J connectivity index is 0.564. The number of rotatable bonds is 33. The van der Waals surface area contributed by atoms with E-state index in [-0.39, 0.29) is 6.04 Å². The van der Waals surface area contributed by atoms with E-state index < -0.39 is 0 Å². The molecule has 0 aliphatic carbocycles. The summed E-state index contributed by atoms with van der Waals surface area (Å²) in [6.07, 6.45) is 3.99. The minimum atomic E-state index is 0.114. The molecule has 82 heavy (non-hydrogen) atoms. The van der Waals surface area contributed by atoms with E-state index in [4.69, 9.17) is 56.9 Å². The van der Waals surface area contributed by atoms with Gasteiger partial charge in [-0.1, -0.05) is 70.9 Å². The Hall–Kier alpha value is -5.10. The Morgan fingerprint density at radius 1 is 0.646 bits per heavy atom. The third-order valence-corrected chi connectivity index (χ3v) is 16.9. The number of halogens is 2. The molecule has 2 aliphatic heterocycles. The summed E-state index contributed by atoms with van der Waals surface area (Å²) in [5.41, 5.74) is 5.29. The van der Waals surface area contributed by atoms with Crippen LogP contribution in [-0.4, -0.2) is 187 Å². The van der Waals surface area contributed by atoms with Crippen molar-refractivity contribution in [2.24, 2.45) is 0 Å². The smallest absolute Gasteiger partial charge is 0.145 e. The number of ether oxygens (including phenoxy) is 5. The summed E-state index contributed by atoms with van der Waals surface area (Å²) in [7, 11) is 4.09. The first-order valence-corrected chi connectivity index (χ1v) is 30.8.